The molecule has 0 aliphatic rings. The van der Waals surface area contributed by atoms with E-state index >= 15 is 0 Å². The van der Waals surface area contributed by atoms with Gasteiger partial charge in [0, 0.05) is 43.8 Å². The molecule has 0 unspecified atom stereocenters. The molecule has 2 heterocycles. The average Bonchev–Trinajstić information content (AvgIpc) is 3.06. The molecule has 0 saturated heterocycles. The first-order chi connectivity index (χ1) is 21.6. The van der Waals surface area contributed by atoms with Crippen LogP contribution in [0.1, 0.15) is 11.1 Å². The van der Waals surface area contributed by atoms with Crippen molar-refractivity contribution in [2.24, 2.45) is 0 Å². The fraction of sp³-hybridized carbons (Fsp3) is 0.0513. The Morgan fingerprint density at radius 2 is 1.36 bits per heavy atom. The van der Waals surface area contributed by atoms with Crippen molar-refractivity contribution in [1.29, 1.82) is 0 Å². The second-order valence-electron chi connectivity index (χ2n) is 10.7. The van der Waals surface area contributed by atoms with Crippen molar-refractivity contribution in [3.05, 3.63) is 151 Å². The van der Waals surface area contributed by atoms with Gasteiger partial charge in [0.05, 0.1) is 22.9 Å². The topological polar surface area (TPSA) is 62.1 Å². The van der Waals surface area contributed by atoms with Gasteiger partial charge < -0.3 is 10.0 Å². The number of hydrogen-bond acceptors (Lipinski definition) is 5. The Balaban J connectivity index is 0.00000357. The minimum absolute atomic E-state index is 0. The molecule has 0 aliphatic heterocycles. The minimum atomic E-state index is 0. The first kappa shape index (κ1) is 29.9. The van der Waals surface area contributed by atoms with Crippen LogP contribution in [0.2, 0.25) is 0 Å². The van der Waals surface area contributed by atoms with Crippen molar-refractivity contribution in [2.75, 3.05) is 4.90 Å². The van der Waals surface area contributed by atoms with E-state index in [1.165, 1.54) is 0 Å². The molecule has 0 atom stereocenters. The summed E-state index contributed by atoms with van der Waals surface area (Å²) in [5, 5.41) is 13.0. The normalized spacial score (nSPS) is 10.8. The Bertz CT molecular complexity index is 2110. The van der Waals surface area contributed by atoms with Gasteiger partial charge in [-0.2, -0.15) is 0 Å². The van der Waals surface area contributed by atoms with Crippen LogP contribution in [0.25, 0.3) is 44.7 Å². The number of phenols is 1. The van der Waals surface area contributed by atoms with Gasteiger partial charge in [-0.15, -0.1) is 29.8 Å². The molecule has 2 aromatic heterocycles. The van der Waals surface area contributed by atoms with Crippen LogP contribution in [0.3, 0.4) is 0 Å². The quantitative estimate of drug-likeness (QED) is 0.171. The molecule has 1 N–H and O–H groups in total. The van der Waals surface area contributed by atoms with Crippen molar-refractivity contribution in [3.8, 4) is 39.7 Å². The maximum absolute atomic E-state index is 10.8. The zero-order valence-electron chi connectivity index (χ0n) is 24.8. The van der Waals surface area contributed by atoms with E-state index in [9.17, 15) is 5.11 Å². The molecule has 6 heteroatoms. The third kappa shape index (κ3) is 5.87. The van der Waals surface area contributed by atoms with Crippen molar-refractivity contribution in [2.45, 2.75) is 13.8 Å². The van der Waals surface area contributed by atoms with Gasteiger partial charge >= 0.3 is 0 Å². The van der Waals surface area contributed by atoms with E-state index in [0.29, 0.717) is 17.1 Å². The van der Waals surface area contributed by atoms with E-state index in [1.807, 2.05) is 66.7 Å². The van der Waals surface area contributed by atoms with Crippen LogP contribution in [0.5, 0.6) is 5.75 Å². The van der Waals surface area contributed by atoms with Gasteiger partial charge in [-0.05, 0) is 72.4 Å². The van der Waals surface area contributed by atoms with Gasteiger partial charge in [-0.1, -0.05) is 72.8 Å². The number of aryl methyl sites for hydroxylation is 2. The molecule has 5 aromatic carbocycles. The molecular formula is C39H29N4OPt-. The zero-order valence-corrected chi connectivity index (χ0v) is 27.0. The summed E-state index contributed by atoms with van der Waals surface area (Å²) in [6, 6.07) is 45.6. The third-order valence-electron chi connectivity index (χ3n) is 7.79. The Morgan fingerprint density at radius 3 is 2.16 bits per heavy atom. The molecule has 0 radical (unpaired) electrons. The first-order valence-corrected chi connectivity index (χ1v) is 14.5. The van der Waals surface area contributed by atoms with Crippen LogP contribution in [0.4, 0.5) is 17.2 Å². The summed E-state index contributed by atoms with van der Waals surface area (Å²) < 4.78 is 0. The molecule has 222 valence electrons. The monoisotopic (exact) mass is 764 g/mol. The Hall–Kier alpha value is -5.12. The number of nitrogens with zero attached hydrogens (tertiary/aromatic N) is 4. The number of aromatic nitrogens is 3. The molecule has 5 nitrogen and oxygen atoms in total. The number of aromatic hydroxyl groups is 1. The molecule has 0 aliphatic carbocycles. The first-order valence-electron chi connectivity index (χ1n) is 14.5. The van der Waals surface area contributed by atoms with Crippen molar-refractivity contribution in [1.82, 2.24) is 15.0 Å². The number of pyridine rings is 1. The second kappa shape index (κ2) is 12.9. The molecule has 45 heavy (non-hydrogen) atoms. The standard InChI is InChI=1S/C39H29N4O.Pt/c1-26-12-9-13-27(2)38(26)34-25-33(32-19-5-6-21-36(32)44)41-39(42-34)29-16-10-17-30(24-29)43(37-22-7-8-23-40-37)35-20-11-15-28-14-3-4-18-31(28)35;/h3-23,25,44H,1-2H3;/q-1;. The van der Waals surface area contributed by atoms with Gasteiger partial charge in [-0.25, -0.2) is 4.98 Å². The van der Waals surface area contributed by atoms with E-state index in [2.05, 4.69) is 79.4 Å². The predicted molar refractivity (Wildman–Crippen MR) is 178 cm³/mol. The minimum Gasteiger partial charge on any atom is -0.507 e. The number of benzene rings is 5. The van der Waals surface area contributed by atoms with Crippen molar-refractivity contribution in [3.63, 3.8) is 0 Å². The molecule has 0 spiro atoms. The van der Waals surface area contributed by atoms with Crippen LogP contribution in [-0.2, 0) is 21.1 Å². The van der Waals surface area contributed by atoms with E-state index < -0.39 is 0 Å². The van der Waals surface area contributed by atoms with Crippen LogP contribution in [0, 0.1) is 19.9 Å². The summed E-state index contributed by atoms with van der Waals surface area (Å²) in [7, 11) is 0. The fourth-order valence-corrected chi connectivity index (χ4v) is 5.73. The summed E-state index contributed by atoms with van der Waals surface area (Å²) in [6.45, 7) is 4.18. The average molecular weight is 765 g/mol. The molecule has 0 saturated carbocycles. The van der Waals surface area contributed by atoms with Crippen LogP contribution >= 0.6 is 0 Å². The number of fused-ring (bicyclic) bond motifs is 1. The van der Waals surface area contributed by atoms with Crippen LogP contribution in [-0.4, -0.2) is 20.1 Å². The molecule has 0 bridgehead atoms. The molecule has 0 fully saturated rings. The van der Waals surface area contributed by atoms with Gasteiger partial charge in [0.1, 0.15) is 11.6 Å². The van der Waals surface area contributed by atoms with E-state index in [-0.39, 0.29) is 26.8 Å². The number of rotatable bonds is 6. The zero-order chi connectivity index (χ0) is 30.0. The SMILES string of the molecule is Cc1cccc(C)c1-c1cc(-c2ccccc2O)nc(-c2[c-]c(N(c3ccccn3)c3cccc4ccccc34)ccc2)n1.[Pt]. The smallest absolute Gasteiger partial charge is 0.136 e. The maximum atomic E-state index is 10.8. The Morgan fingerprint density at radius 1 is 0.667 bits per heavy atom. The summed E-state index contributed by atoms with van der Waals surface area (Å²) in [6.07, 6.45) is 1.80. The Kier molecular flexibility index (Phi) is 8.55. The van der Waals surface area contributed by atoms with Gasteiger partial charge in [-0.3, -0.25) is 9.97 Å². The van der Waals surface area contributed by atoms with E-state index in [0.717, 1.165) is 55.9 Å². The fourth-order valence-electron chi connectivity index (χ4n) is 5.73. The van der Waals surface area contributed by atoms with Crippen LogP contribution in [0.15, 0.2) is 134 Å². The number of hydrogen-bond donors (Lipinski definition) is 1. The van der Waals surface area contributed by atoms with E-state index in [1.54, 1.807) is 12.3 Å². The van der Waals surface area contributed by atoms with Gasteiger partial charge in [0.15, 0.2) is 0 Å². The summed E-state index contributed by atoms with van der Waals surface area (Å²) in [5.74, 6) is 1.46. The number of para-hydroxylation sites is 1. The predicted octanol–water partition coefficient (Wildman–Crippen LogP) is 9.62. The molecule has 0 amide bonds. The summed E-state index contributed by atoms with van der Waals surface area (Å²) in [5.41, 5.74) is 7.89. The summed E-state index contributed by atoms with van der Waals surface area (Å²) in [4.78, 5) is 16.9. The molecular weight excluding hydrogens is 736 g/mol. The maximum Gasteiger partial charge on any atom is 0.136 e. The number of anilines is 3. The van der Waals surface area contributed by atoms with Gasteiger partial charge in [0.2, 0.25) is 0 Å². The number of phenolic OH excluding ortho intramolecular Hbond substituents is 1. The van der Waals surface area contributed by atoms with E-state index in [4.69, 9.17) is 15.0 Å². The van der Waals surface area contributed by atoms with Crippen molar-refractivity contribution < 1.29 is 26.2 Å². The largest absolute Gasteiger partial charge is 0.507 e. The molecule has 7 rings (SSSR count). The summed E-state index contributed by atoms with van der Waals surface area (Å²) >= 11 is 0. The van der Waals surface area contributed by atoms with Crippen molar-refractivity contribution >= 4 is 28.0 Å². The van der Waals surface area contributed by atoms with Gasteiger partial charge in [0.25, 0.3) is 0 Å². The molecule has 7 aromatic rings. The van der Waals surface area contributed by atoms with Crippen LogP contribution < -0.4 is 4.90 Å². The third-order valence-corrected chi connectivity index (χ3v) is 7.79. The second-order valence-corrected chi connectivity index (χ2v) is 10.7. The Labute approximate surface area is 277 Å².